The third-order valence-corrected chi connectivity index (χ3v) is 3.45. The smallest absolute Gasteiger partial charge is 0.254 e. The molecule has 0 fully saturated rings. The second kappa shape index (κ2) is 6.95. The van der Waals surface area contributed by atoms with Gasteiger partial charge in [0, 0.05) is 12.3 Å². The van der Waals surface area contributed by atoms with Crippen LogP contribution in [0.5, 0.6) is 11.5 Å². The highest BCUT2D eigenvalue weighted by molar-refractivity contribution is 9.10. The van der Waals surface area contributed by atoms with Gasteiger partial charge in [-0.2, -0.15) is 5.26 Å². The van der Waals surface area contributed by atoms with Crippen LogP contribution in [0.4, 0.5) is 0 Å². The number of benzene rings is 1. The van der Waals surface area contributed by atoms with Gasteiger partial charge in [-0.3, -0.25) is 4.79 Å². The lowest BCUT2D eigenvalue weighted by molar-refractivity contribution is 0.295. The van der Waals surface area contributed by atoms with Crippen molar-refractivity contribution in [2.24, 2.45) is 0 Å². The van der Waals surface area contributed by atoms with Crippen molar-refractivity contribution in [1.29, 1.82) is 5.26 Å². The van der Waals surface area contributed by atoms with E-state index in [0.717, 1.165) is 0 Å². The summed E-state index contributed by atoms with van der Waals surface area (Å²) in [5.41, 5.74) is 0.299. The Balaban J connectivity index is 2.06. The van der Waals surface area contributed by atoms with Crippen molar-refractivity contribution in [3.63, 3.8) is 0 Å². The average Bonchev–Trinajstić information content (AvgIpc) is 2.50. The van der Waals surface area contributed by atoms with Crippen LogP contribution in [0.3, 0.4) is 0 Å². The van der Waals surface area contributed by atoms with E-state index in [9.17, 15) is 4.79 Å². The zero-order chi connectivity index (χ0) is 15.2. The number of rotatable bonds is 5. The molecule has 0 radical (unpaired) electrons. The standard InChI is InChI=1S/C15H13BrN2O3/c1-20-14-8-15(19)18(10-12(14)16)6-7-21-13-5-3-2-4-11(13)9-17/h2-5,8,10H,6-7H2,1H3. The maximum atomic E-state index is 11.9. The van der Waals surface area contributed by atoms with E-state index in [1.54, 1.807) is 30.5 Å². The molecule has 1 heterocycles. The molecule has 0 aliphatic carbocycles. The Morgan fingerprint density at radius 3 is 2.81 bits per heavy atom. The zero-order valence-corrected chi connectivity index (χ0v) is 13.0. The molecular formula is C15H13BrN2O3. The summed E-state index contributed by atoms with van der Waals surface area (Å²) in [6.07, 6.45) is 1.65. The van der Waals surface area contributed by atoms with E-state index in [-0.39, 0.29) is 12.2 Å². The van der Waals surface area contributed by atoms with Gasteiger partial charge in [-0.25, -0.2) is 0 Å². The molecule has 6 heteroatoms. The number of nitrogens with zero attached hydrogens (tertiary/aromatic N) is 2. The number of hydrogen-bond acceptors (Lipinski definition) is 4. The van der Waals surface area contributed by atoms with Gasteiger partial charge < -0.3 is 14.0 Å². The fourth-order valence-electron chi connectivity index (χ4n) is 1.80. The lowest BCUT2D eigenvalue weighted by atomic mass is 10.2. The molecule has 0 saturated carbocycles. The minimum atomic E-state index is -0.174. The first-order valence-electron chi connectivity index (χ1n) is 6.21. The maximum Gasteiger partial charge on any atom is 0.254 e. The lowest BCUT2D eigenvalue weighted by Crippen LogP contribution is -2.22. The first kappa shape index (κ1) is 15.1. The molecule has 0 aliphatic heterocycles. The van der Waals surface area contributed by atoms with Crippen LogP contribution in [0.1, 0.15) is 5.56 Å². The molecular weight excluding hydrogens is 336 g/mol. The second-order valence-corrected chi connectivity index (χ2v) is 5.03. The van der Waals surface area contributed by atoms with Crippen molar-refractivity contribution in [3.05, 3.63) is 56.9 Å². The van der Waals surface area contributed by atoms with Gasteiger partial charge in [0.25, 0.3) is 5.56 Å². The number of hydrogen-bond donors (Lipinski definition) is 0. The van der Waals surface area contributed by atoms with E-state index < -0.39 is 0 Å². The lowest BCUT2D eigenvalue weighted by Gasteiger charge is -2.11. The molecule has 0 saturated heterocycles. The molecule has 0 amide bonds. The fourth-order valence-corrected chi connectivity index (χ4v) is 2.32. The SMILES string of the molecule is COc1cc(=O)n(CCOc2ccccc2C#N)cc1Br. The van der Waals surface area contributed by atoms with Crippen LogP contribution in [0.25, 0.3) is 0 Å². The number of ether oxygens (including phenoxy) is 2. The van der Waals surface area contributed by atoms with Gasteiger partial charge in [-0.05, 0) is 28.1 Å². The fraction of sp³-hybridized carbons (Fsp3) is 0.200. The quantitative estimate of drug-likeness (QED) is 0.832. The molecule has 0 unspecified atom stereocenters. The predicted molar refractivity (Wildman–Crippen MR) is 81.6 cm³/mol. The third-order valence-electron chi connectivity index (χ3n) is 2.86. The van der Waals surface area contributed by atoms with Crippen molar-refractivity contribution in [1.82, 2.24) is 4.57 Å². The molecule has 2 aromatic rings. The molecule has 0 N–H and O–H groups in total. The van der Waals surface area contributed by atoms with Gasteiger partial charge in [0.15, 0.2) is 0 Å². The molecule has 0 atom stereocenters. The van der Waals surface area contributed by atoms with E-state index in [1.807, 2.05) is 0 Å². The number of aromatic nitrogens is 1. The summed E-state index contributed by atoms with van der Waals surface area (Å²) >= 11 is 3.33. The highest BCUT2D eigenvalue weighted by Gasteiger charge is 2.06. The normalized spacial score (nSPS) is 9.95. The van der Waals surface area contributed by atoms with Crippen LogP contribution in [0, 0.1) is 11.3 Å². The predicted octanol–water partition coefficient (Wildman–Crippen LogP) is 2.57. The molecule has 0 aliphatic rings. The first-order valence-corrected chi connectivity index (χ1v) is 7.01. The van der Waals surface area contributed by atoms with E-state index in [0.29, 0.717) is 28.1 Å². The largest absolute Gasteiger partial charge is 0.495 e. The molecule has 1 aromatic carbocycles. The summed E-state index contributed by atoms with van der Waals surface area (Å²) in [4.78, 5) is 11.9. The summed E-state index contributed by atoms with van der Waals surface area (Å²) < 4.78 is 12.8. The minimum Gasteiger partial charge on any atom is -0.495 e. The summed E-state index contributed by atoms with van der Waals surface area (Å²) in [7, 11) is 1.51. The highest BCUT2D eigenvalue weighted by atomic mass is 79.9. The summed E-state index contributed by atoms with van der Waals surface area (Å²) in [6.45, 7) is 0.665. The molecule has 0 spiro atoms. The van der Waals surface area contributed by atoms with Crippen LogP contribution in [0.2, 0.25) is 0 Å². The van der Waals surface area contributed by atoms with Gasteiger partial charge in [0.1, 0.15) is 24.2 Å². The Morgan fingerprint density at radius 2 is 2.10 bits per heavy atom. The van der Waals surface area contributed by atoms with Crippen molar-refractivity contribution in [2.45, 2.75) is 6.54 Å². The highest BCUT2D eigenvalue weighted by Crippen LogP contribution is 2.21. The number of halogens is 1. The third kappa shape index (κ3) is 3.64. The van der Waals surface area contributed by atoms with E-state index >= 15 is 0 Å². The van der Waals surface area contributed by atoms with Crippen LogP contribution >= 0.6 is 15.9 Å². The molecule has 1 aromatic heterocycles. The van der Waals surface area contributed by atoms with Gasteiger partial charge in [0.05, 0.1) is 23.7 Å². The number of methoxy groups -OCH3 is 1. The van der Waals surface area contributed by atoms with Crippen LogP contribution in [0.15, 0.2) is 45.8 Å². The van der Waals surface area contributed by atoms with Gasteiger partial charge in [0.2, 0.25) is 0 Å². The second-order valence-electron chi connectivity index (χ2n) is 4.18. The van der Waals surface area contributed by atoms with Gasteiger partial charge in [-0.1, -0.05) is 12.1 Å². The summed E-state index contributed by atoms with van der Waals surface area (Å²) in [5.74, 6) is 1.01. The maximum absolute atomic E-state index is 11.9. The average molecular weight is 349 g/mol. The molecule has 0 bridgehead atoms. The summed E-state index contributed by atoms with van der Waals surface area (Å²) in [6, 6.07) is 10.5. The van der Waals surface area contributed by atoms with Crippen molar-refractivity contribution < 1.29 is 9.47 Å². The van der Waals surface area contributed by atoms with Gasteiger partial charge >= 0.3 is 0 Å². The Bertz CT molecular complexity index is 734. The molecule has 21 heavy (non-hydrogen) atoms. The topological polar surface area (TPSA) is 64.2 Å². The number of nitriles is 1. The number of pyridine rings is 1. The van der Waals surface area contributed by atoms with E-state index in [2.05, 4.69) is 22.0 Å². The molecule has 2 rings (SSSR count). The van der Waals surface area contributed by atoms with Crippen molar-refractivity contribution >= 4 is 15.9 Å². The monoisotopic (exact) mass is 348 g/mol. The zero-order valence-electron chi connectivity index (χ0n) is 11.4. The van der Waals surface area contributed by atoms with Crippen LogP contribution in [-0.4, -0.2) is 18.3 Å². The molecule has 5 nitrogen and oxygen atoms in total. The minimum absolute atomic E-state index is 0.174. The molecule has 108 valence electrons. The Labute approximate surface area is 130 Å². The first-order chi connectivity index (χ1) is 10.2. The van der Waals surface area contributed by atoms with E-state index in [1.165, 1.54) is 17.7 Å². The Morgan fingerprint density at radius 1 is 1.33 bits per heavy atom. The Kier molecular flexibility index (Phi) is 5.01. The Hall–Kier alpha value is -2.26. The van der Waals surface area contributed by atoms with Crippen LogP contribution in [-0.2, 0) is 6.54 Å². The van der Waals surface area contributed by atoms with Crippen molar-refractivity contribution in [3.8, 4) is 17.6 Å². The van der Waals surface area contributed by atoms with Crippen LogP contribution < -0.4 is 15.0 Å². The van der Waals surface area contributed by atoms with Gasteiger partial charge in [-0.15, -0.1) is 0 Å². The number of para-hydroxylation sites is 1. The van der Waals surface area contributed by atoms with E-state index in [4.69, 9.17) is 14.7 Å². The van der Waals surface area contributed by atoms with Crippen molar-refractivity contribution in [2.75, 3.05) is 13.7 Å². The summed E-state index contributed by atoms with van der Waals surface area (Å²) in [5, 5.41) is 8.97.